The van der Waals surface area contributed by atoms with E-state index >= 15 is 0 Å². The molecule has 1 aromatic heterocycles. The van der Waals surface area contributed by atoms with Gasteiger partial charge in [0.25, 0.3) is 0 Å². The number of nitrogens with one attached hydrogen (secondary N) is 1. The molecule has 0 aromatic carbocycles. The summed E-state index contributed by atoms with van der Waals surface area (Å²) in [4.78, 5) is 1.33. The molecule has 16 heavy (non-hydrogen) atoms. The molecule has 4 heteroatoms. The van der Waals surface area contributed by atoms with Gasteiger partial charge in [-0.2, -0.15) is 0 Å². The van der Waals surface area contributed by atoms with Gasteiger partial charge in [0.05, 0.1) is 8.81 Å². The van der Waals surface area contributed by atoms with Crippen molar-refractivity contribution in [1.29, 1.82) is 0 Å². The molecule has 1 nitrogen and oxygen atoms in total. The second-order valence-electron chi connectivity index (χ2n) is 4.13. The third kappa shape index (κ3) is 4.02. The minimum atomic E-state index is 0.439. The fourth-order valence-electron chi connectivity index (χ4n) is 1.65. The van der Waals surface area contributed by atoms with Crippen molar-refractivity contribution in [3.8, 4) is 0 Å². The van der Waals surface area contributed by atoms with Crippen LogP contribution in [0.4, 0.5) is 0 Å². The van der Waals surface area contributed by atoms with Crippen LogP contribution in [0.1, 0.15) is 44.5 Å². The maximum atomic E-state index is 6.08. The highest BCUT2D eigenvalue weighted by atomic mass is 79.9. The highest BCUT2D eigenvalue weighted by Crippen LogP contribution is 2.37. The Balaban J connectivity index is 2.76. The van der Waals surface area contributed by atoms with Gasteiger partial charge >= 0.3 is 0 Å². The first-order valence-electron chi connectivity index (χ1n) is 5.76. The van der Waals surface area contributed by atoms with E-state index in [2.05, 4.69) is 48.1 Å². The lowest BCUT2D eigenvalue weighted by atomic mass is 9.98. The molecule has 1 heterocycles. The smallest absolute Gasteiger partial charge is 0.0887 e. The Morgan fingerprint density at radius 2 is 2.19 bits per heavy atom. The molecule has 92 valence electrons. The van der Waals surface area contributed by atoms with E-state index in [1.807, 2.05) is 0 Å². The first kappa shape index (κ1) is 14.5. The van der Waals surface area contributed by atoms with Crippen molar-refractivity contribution in [3.63, 3.8) is 0 Å². The molecule has 0 bridgehead atoms. The van der Waals surface area contributed by atoms with Gasteiger partial charge in [0, 0.05) is 10.9 Å². The monoisotopic (exact) mass is 323 g/mol. The second kappa shape index (κ2) is 7.00. The number of thiophene rings is 1. The Morgan fingerprint density at radius 3 is 2.62 bits per heavy atom. The molecule has 1 aromatic rings. The van der Waals surface area contributed by atoms with Gasteiger partial charge in [-0.25, -0.2) is 0 Å². The molecule has 2 atom stereocenters. The van der Waals surface area contributed by atoms with Crippen LogP contribution in [0.2, 0.25) is 5.02 Å². The van der Waals surface area contributed by atoms with Crippen molar-refractivity contribution in [2.24, 2.45) is 5.92 Å². The highest BCUT2D eigenvalue weighted by Gasteiger charge is 2.17. The number of hydrogen-bond donors (Lipinski definition) is 1. The molecule has 2 unspecified atom stereocenters. The molecule has 0 aliphatic heterocycles. The third-order valence-corrected chi connectivity index (χ3v) is 5.38. The van der Waals surface area contributed by atoms with E-state index in [4.69, 9.17) is 11.6 Å². The summed E-state index contributed by atoms with van der Waals surface area (Å²) in [6.07, 6.45) is 2.40. The van der Waals surface area contributed by atoms with E-state index in [0.717, 1.165) is 21.3 Å². The van der Waals surface area contributed by atoms with Crippen LogP contribution in [0.15, 0.2) is 9.85 Å². The number of halogens is 2. The Hall–Kier alpha value is 0.430. The Morgan fingerprint density at radius 1 is 1.50 bits per heavy atom. The zero-order valence-electron chi connectivity index (χ0n) is 10.0. The van der Waals surface area contributed by atoms with Crippen LogP contribution in [-0.4, -0.2) is 6.54 Å². The molecule has 0 saturated heterocycles. The molecule has 0 fully saturated rings. The van der Waals surface area contributed by atoms with Crippen LogP contribution < -0.4 is 5.32 Å². The lowest BCUT2D eigenvalue weighted by Gasteiger charge is -2.19. The van der Waals surface area contributed by atoms with Crippen LogP contribution in [0, 0.1) is 5.92 Å². The first-order valence-corrected chi connectivity index (χ1v) is 7.75. The van der Waals surface area contributed by atoms with Gasteiger partial charge in [-0.1, -0.05) is 38.8 Å². The fraction of sp³-hybridized carbons (Fsp3) is 0.667. The summed E-state index contributed by atoms with van der Waals surface area (Å²) < 4.78 is 1.04. The summed E-state index contributed by atoms with van der Waals surface area (Å²) in [5.74, 6) is 0.740. The van der Waals surface area contributed by atoms with Crippen LogP contribution >= 0.6 is 38.9 Å². The van der Waals surface area contributed by atoms with Crippen LogP contribution in [0.5, 0.6) is 0 Å². The van der Waals surface area contributed by atoms with Gasteiger partial charge < -0.3 is 5.32 Å². The van der Waals surface area contributed by atoms with E-state index in [1.165, 1.54) is 17.7 Å². The van der Waals surface area contributed by atoms with Crippen LogP contribution in [0.25, 0.3) is 0 Å². The molecule has 0 radical (unpaired) electrons. The number of hydrogen-bond acceptors (Lipinski definition) is 2. The molecular weight excluding hydrogens is 306 g/mol. The fourth-order valence-corrected chi connectivity index (χ4v) is 3.49. The minimum Gasteiger partial charge on any atom is -0.310 e. The quantitative estimate of drug-likeness (QED) is 0.753. The summed E-state index contributed by atoms with van der Waals surface area (Å²) >= 11 is 11.3. The van der Waals surface area contributed by atoms with Crippen molar-refractivity contribution in [3.05, 3.63) is 19.8 Å². The standard InChI is InChI=1S/C12H19BrClNS/c1-4-8(3)6-10(15-5-2)11-7-9(14)12(13)16-11/h7-8,10,15H,4-6H2,1-3H3. The van der Waals surface area contributed by atoms with E-state index in [1.54, 1.807) is 11.3 Å². The predicted octanol–water partition coefficient (Wildman–Crippen LogP) is 5.25. The normalized spacial score (nSPS) is 15.1. The maximum absolute atomic E-state index is 6.08. The topological polar surface area (TPSA) is 12.0 Å². The van der Waals surface area contributed by atoms with Gasteiger partial charge in [0.1, 0.15) is 0 Å². The van der Waals surface area contributed by atoms with E-state index in [9.17, 15) is 0 Å². The minimum absolute atomic E-state index is 0.439. The molecule has 1 N–H and O–H groups in total. The largest absolute Gasteiger partial charge is 0.310 e. The van der Waals surface area contributed by atoms with Gasteiger partial charge in [0.15, 0.2) is 0 Å². The second-order valence-corrected chi connectivity index (χ2v) is 6.94. The van der Waals surface area contributed by atoms with Crippen LogP contribution in [0.3, 0.4) is 0 Å². The van der Waals surface area contributed by atoms with Crippen molar-refractivity contribution < 1.29 is 0 Å². The molecule has 0 saturated carbocycles. The maximum Gasteiger partial charge on any atom is 0.0887 e. The average molecular weight is 325 g/mol. The molecule has 0 aliphatic carbocycles. The van der Waals surface area contributed by atoms with Gasteiger partial charge in [0.2, 0.25) is 0 Å². The van der Waals surface area contributed by atoms with E-state index in [0.29, 0.717) is 6.04 Å². The molecule has 1 rings (SSSR count). The summed E-state index contributed by atoms with van der Waals surface area (Å²) in [6, 6.07) is 2.51. The predicted molar refractivity (Wildman–Crippen MR) is 77.5 cm³/mol. The highest BCUT2D eigenvalue weighted by molar-refractivity contribution is 9.11. The average Bonchev–Trinajstić information content (AvgIpc) is 2.58. The SMILES string of the molecule is CCNC(CC(C)CC)c1cc(Cl)c(Br)s1. The zero-order chi connectivity index (χ0) is 12.1. The zero-order valence-corrected chi connectivity index (χ0v) is 13.2. The molecule has 0 aliphatic rings. The summed E-state index contributed by atoms with van der Waals surface area (Å²) in [5.41, 5.74) is 0. The molecular formula is C12H19BrClNS. The lowest BCUT2D eigenvalue weighted by Crippen LogP contribution is -2.21. The Labute approximate surface area is 116 Å². The first-order chi connectivity index (χ1) is 7.58. The number of rotatable bonds is 6. The third-order valence-electron chi connectivity index (χ3n) is 2.79. The van der Waals surface area contributed by atoms with Crippen molar-refractivity contribution >= 4 is 38.9 Å². The van der Waals surface area contributed by atoms with Crippen LogP contribution in [-0.2, 0) is 0 Å². The van der Waals surface area contributed by atoms with Gasteiger partial charge in [-0.05, 0) is 40.9 Å². The van der Waals surface area contributed by atoms with Gasteiger partial charge in [-0.15, -0.1) is 11.3 Å². The summed E-state index contributed by atoms with van der Waals surface area (Å²) in [6.45, 7) is 7.68. The van der Waals surface area contributed by atoms with Crippen molar-refractivity contribution in [2.45, 2.75) is 39.7 Å². The Kier molecular flexibility index (Phi) is 6.34. The van der Waals surface area contributed by atoms with Gasteiger partial charge in [-0.3, -0.25) is 0 Å². The molecule has 0 amide bonds. The van der Waals surface area contributed by atoms with Crippen molar-refractivity contribution in [1.82, 2.24) is 5.32 Å². The summed E-state index contributed by atoms with van der Waals surface area (Å²) in [7, 11) is 0. The summed E-state index contributed by atoms with van der Waals surface area (Å²) in [5, 5.41) is 4.36. The van der Waals surface area contributed by atoms with E-state index in [-0.39, 0.29) is 0 Å². The molecule has 0 spiro atoms. The lowest BCUT2D eigenvalue weighted by molar-refractivity contribution is 0.412. The Bertz CT molecular complexity index is 307. The van der Waals surface area contributed by atoms with Crippen molar-refractivity contribution in [2.75, 3.05) is 6.54 Å². The van der Waals surface area contributed by atoms with E-state index < -0.39 is 0 Å².